The van der Waals surface area contributed by atoms with Gasteiger partial charge in [-0.2, -0.15) is 0 Å². The van der Waals surface area contributed by atoms with Crippen LogP contribution in [0.25, 0.3) is 0 Å². The number of ether oxygens (including phenoxy) is 2. The van der Waals surface area contributed by atoms with Gasteiger partial charge in [-0.1, -0.05) is 0 Å². The number of nitrogens with one attached hydrogen (secondary N) is 1. The van der Waals surface area contributed by atoms with E-state index in [9.17, 15) is 29.7 Å². The number of aliphatic hydroxyl groups is 4. The van der Waals surface area contributed by atoms with Crippen molar-refractivity contribution in [2.75, 3.05) is 6.61 Å². The smallest absolute Gasteiger partial charge is 0.364 e. The van der Waals surface area contributed by atoms with Gasteiger partial charge in [0.1, 0.15) is 24.4 Å². The molecule has 1 saturated heterocycles. The third kappa shape index (κ3) is 4.61. The molecule has 0 spiro atoms. The zero-order valence-electron chi connectivity index (χ0n) is 13.1. The first-order valence-corrected chi connectivity index (χ1v) is 7.06. The van der Waals surface area contributed by atoms with Gasteiger partial charge < -0.3 is 40.3 Å². The van der Waals surface area contributed by atoms with Gasteiger partial charge >= 0.3 is 11.9 Å². The zero-order valence-corrected chi connectivity index (χ0v) is 13.1. The number of rotatable bonds is 6. The molecule has 1 fully saturated rings. The van der Waals surface area contributed by atoms with Gasteiger partial charge in [0.05, 0.1) is 19.1 Å². The Morgan fingerprint density at radius 2 is 1.92 bits per heavy atom. The monoisotopic (exact) mass is 351 g/mol. The number of carbonyl (C=O) groups excluding carboxylic acids is 2. The molecule has 6 atom stereocenters. The van der Waals surface area contributed by atoms with Crippen molar-refractivity contribution in [2.24, 2.45) is 0 Å². The van der Waals surface area contributed by atoms with Crippen LogP contribution < -0.4 is 5.32 Å². The van der Waals surface area contributed by atoms with Gasteiger partial charge in [0.15, 0.2) is 0 Å². The van der Waals surface area contributed by atoms with Crippen molar-refractivity contribution in [2.45, 2.75) is 56.5 Å². The highest BCUT2D eigenvalue weighted by Gasteiger charge is 2.55. The first kappa shape index (κ1) is 20.3. The largest absolute Gasteiger partial charge is 0.477 e. The normalized spacial score (nSPS) is 32.5. The highest BCUT2D eigenvalue weighted by atomic mass is 16.7. The summed E-state index contributed by atoms with van der Waals surface area (Å²) in [6.45, 7) is 1.26. The Kier molecular flexibility index (Phi) is 6.63. The van der Waals surface area contributed by atoms with Crippen molar-refractivity contribution in [3.05, 3.63) is 0 Å². The number of aliphatic hydroxyl groups excluding tert-OH is 3. The van der Waals surface area contributed by atoms with Crippen LogP contribution in [0.4, 0.5) is 0 Å². The van der Waals surface area contributed by atoms with Crippen LogP contribution in [0.1, 0.15) is 20.3 Å². The summed E-state index contributed by atoms with van der Waals surface area (Å²) in [5.74, 6) is -6.06. The van der Waals surface area contributed by atoms with Crippen molar-refractivity contribution in [1.82, 2.24) is 5.32 Å². The number of hydrogen-bond acceptors (Lipinski definition) is 9. The van der Waals surface area contributed by atoms with Crippen LogP contribution >= 0.6 is 0 Å². The molecule has 24 heavy (non-hydrogen) atoms. The van der Waals surface area contributed by atoms with Crippen LogP contribution in [-0.2, 0) is 23.9 Å². The predicted octanol–water partition coefficient (Wildman–Crippen LogP) is -3.30. The zero-order chi connectivity index (χ0) is 18.7. The minimum Gasteiger partial charge on any atom is -0.477 e. The van der Waals surface area contributed by atoms with Crippen LogP contribution in [0, 0.1) is 0 Å². The number of carboxylic acid groups (broad SMARTS) is 1. The molecule has 6 N–H and O–H groups in total. The quantitative estimate of drug-likeness (QED) is 0.265. The second-order valence-corrected chi connectivity index (χ2v) is 5.49. The van der Waals surface area contributed by atoms with Crippen molar-refractivity contribution in [1.29, 1.82) is 0 Å². The summed E-state index contributed by atoms with van der Waals surface area (Å²) in [6.07, 6.45) is -7.37. The van der Waals surface area contributed by atoms with Gasteiger partial charge in [-0.05, 0) is 0 Å². The number of amides is 1. The molecular formula is C13H21NO10. The molecule has 0 aliphatic carbocycles. The molecule has 11 nitrogen and oxygen atoms in total. The molecule has 1 rings (SSSR count). The van der Waals surface area contributed by atoms with E-state index in [-0.39, 0.29) is 0 Å². The van der Waals surface area contributed by atoms with Crippen molar-refractivity contribution in [3.63, 3.8) is 0 Å². The molecule has 0 bridgehead atoms. The number of aliphatic carboxylic acids is 1. The Balaban J connectivity index is 3.25. The number of esters is 1. The second-order valence-electron chi connectivity index (χ2n) is 5.49. The van der Waals surface area contributed by atoms with E-state index in [1.165, 1.54) is 0 Å². The standard InChI is InChI=1S/C13H21NO10/c1-5(16)14-9-8(23-6(2)17)3-13(22,12(20)21)24-11(9)10(19)7(18)4-15/h7-11,15,18-19,22H,3-4H2,1-2H3,(H,14,16)(H,20,21)/t7?,8-,9+,10-,11+,13+/m0/s1. The van der Waals surface area contributed by atoms with Crippen molar-refractivity contribution >= 4 is 17.8 Å². The fraction of sp³-hybridized carbons (Fsp3) is 0.769. The summed E-state index contributed by atoms with van der Waals surface area (Å²) in [5.41, 5.74) is 0. The van der Waals surface area contributed by atoms with E-state index in [1.54, 1.807) is 0 Å². The fourth-order valence-corrected chi connectivity index (χ4v) is 2.44. The van der Waals surface area contributed by atoms with Crippen molar-refractivity contribution in [3.8, 4) is 0 Å². The summed E-state index contributed by atoms with van der Waals surface area (Å²) in [4.78, 5) is 33.8. The lowest BCUT2D eigenvalue weighted by Gasteiger charge is -2.45. The third-order valence-electron chi connectivity index (χ3n) is 3.50. The topological polar surface area (TPSA) is 183 Å². The van der Waals surface area contributed by atoms with Crippen LogP contribution in [0.5, 0.6) is 0 Å². The predicted molar refractivity (Wildman–Crippen MR) is 74.3 cm³/mol. The Labute approximate surface area is 136 Å². The maximum atomic E-state index is 11.4. The third-order valence-corrected chi connectivity index (χ3v) is 3.50. The first-order valence-electron chi connectivity index (χ1n) is 7.06. The van der Waals surface area contributed by atoms with Crippen molar-refractivity contribution < 1.29 is 49.4 Å². The maximum absolute atomic E-state index is 11.4. The Bertz CT molecular complexity index is 497. The highest BCUT2D eigenvalue weighted by Crippen LogP contribution is 2.32. The Morgan fingerprint density at radius 1 is 1.33 bits per heavy atom. The SMILES string of the molecule is CC(=O)N[C@H]1[C@H]([C@@H](O)C(O)CO)O[C@@](O)(C(=O)O)C[C@@H]1OC(C)=O. The summed E-state index contributed by atoms with van der Waals surface area (Å²) in [5, 5.41) is 50.1. The van der Waals surface area contributed by atoms with Crippen LogP contribution in [-0.4, -0.2) is 86.2 Å². The molecule has 11 heteroatoms. The molecule has 0 saturated carbocycles. The lowest BCUT2D eigenvalue weighted by Crippen LogP contribution is -2.67. The summed E-state index contributed by atoms with van der Waals surface area (Å²) in [6, 6.07) is -1.26. The average Bonchev–Trinajstić information content (AvgIpc) is 2.47. The Hall–Kier alpha value is -1.79. The van der Waals surface area contributed by atoms with Gasteiger partial charge in [0, 0.05) is 13.8 Å². The van der Waals surface area contributed by atoms with Gasteiger partial charge in [-0.15, -0.1) is 0 Å². The maximum Gasteiger partial charge on any atom is 0.364 e. The first-order chi connectivity index (χ1) is 11.0. The average molecular weight is 351 g/mol. The van der Waals surface area contributed by atoms with E-state index in [4.69, 9.17) is 19.7 Å². The number of hydrogen-bond donors (Lipinski definition) is 6. The van der Waals surface area contributed by atoms with Crippen LogP contribution in [0.15, 0.2) is 0 Å². The molecule has 0 radical (unpaired) electrons. The molecule has 0 aromatic heterocycles. The van der Waals surface area contributed by atoms with E-state index >= 15 is 0 Å². The summed E-state index contributed by atoms with van der Waals surface area (Å²) in [7, 11) is 0. The van der Waals surface area contributed by atoms with E-state index in [0.717, 1.165) is 13.8 Å². The lowest BCUT2D eigenvalue weighted by molar-refractivity contribution is -0.296. The van der Waals surface area contributed by atoms with E-state index in [0.29, 0.717) is 0 Å². The summed E-state index contributed by atoms with van der Waals surface area (Å²) >= 11 is 0. The molecule has 1 amide bonds. The van der Waals surface area contributed by atoms with Gasteiger partial charge in [0.25, 0.3) is 5.79 Å². The molecule has 138 valence electrons. The van der Waals surface area contributed by atoms with Gasteiger partial charge in [-0.25, -0.2) is 4.79 Å². The molecule has 1 heterocycles. The second kappa shape index (κ2) is 7.85. The minimum absolute atomic E-state index is 0.614. The summed E-state index contributed by atoms with van der Waals surface area (Å²) < 4.78 is 9.91. The highest BCUT2D eigenvalue weighted by molar-refractivity contribution is 5.76. The number of carboxylic acids is 1. The molecular weight excluding hydrogens is 330 g/mol. The molecule has 1 aliphatic heterocycles. The Morgan fingerprint density at radius 3 is 2.33 bits per heavy atom. The van der Waals surface area contributed by atoms with Gasteiger partial charge in [0.2, 0.25) is 5.91 Å². The van der Waals surface area contributed by atoms with Gasteiger partial charge in [-0.3, -0.25) is 9.59 Å². The minimum atomic E-state index is -2.82. The van der Waals surface area contributed by atoms with Crippen LogP contribution in [0.3, 0.4) is 0 Å². The molecule has 0 aromatic rings. The van der Waals surface area contributed by atoms with E-state index in [2.05, 4.69) is 5.32 Å². The van der Waals surface area contributed by atoms with Crippen LogP contribution in [0.2, 0.25) is 0 Å². The van der Waals surface area contributed by atoms with E-state index < -0.39 is 67.1 Å². The number of carbonyl (C=O) groups is 3. The molecule has 0 aromatic carbocycles. The van der Waals surface area contributed by atoms with E-state index in [1.807, 2.05) is 0 Å². The molecule has 1 aliphatic rings. The molecule has 1 unspecified atom stereocenters. The lowest BCUT2D eigenvalue weighted by atomic mass is 9.88. The fourth-order valence-electron chi connectivity index (χ4n) is 2.44.